The van der Waals surface area contributed by atoms with E-state index in [1.165, 1.54) is 0 Å². The number of carbonyl (C=O) groups is 1. The number of hydrogen-bond acceptors (Lipinski definition) is 4. The topological polar surface area (TPSA) is 55.8 Å². The molecule has 1 atom stereocenters. The summed E-state index contributed by atoms with van der Waals surface area (Å²) in [6.07, 6.45) is 2.49. The van der Waals surface area contributed by atoms with Crippen LogP contribution in [0.4, 0.5) is 4.79 Å². The molecule has 0 saturated carbocycles. The average Bonchev–Trinajstić information content (AvgIpc) is 2.54. The van der Waals surface area contributed by atoms with Crippen molar-refractivity contribution in [2.75, 3.05) is 19.7 Å². The zero-order valence-corrected chi connectivity index (χ0v) is 16.4. The van der Waals surface area contributed by atoms with Gasteiger partial charge in [-0.2, -0.15) is 0 Å². The van der Waals surface area contributed by atoms with Crippen LogP contribution in [0.15, 0.2) is 29.2 Å². The molecule has 1 amide bonds. The second-order valence-corrected chi connectivity index (χ2v) is 8.75. The summed E-state index contributed by atoms with van der Waals surface area (Å²) >= 11 is -1.41. The summed E-state index contributed by atoms with van der Waals surface area (Å²) in [5, 5.41) is 0. The van der Waals surface area contributed by atoms with Crippen LogP contribution < -0.4 is 0 Å². The fraction of sp³-hybridized carbons (Fsp3) is 0.632. The van der Waals surface area contributed by atoms with Crippen molar-refractivity contribution in [3.05, 3.63) is 29.8 Å². The summed E-state index contributed by atoms with van der Waals surface area (Å²) in [5.41, 5.74) is 0.680. The van der Waals surface area contributed by atoms with Crippen LogP contribution in [-0.4, -0.2) is 40.5 Å². The Labute approximate surface area is 153 Å². The van der Waals surface area contributed by atoms with Crippen molar-refractivity contribution < 1.29 is 17.9 Å². The number of amides is 1. The van der Waals surface area contributed by atoms with E-state index in [4.69, 9.17) is 8.92 Å². The van der Waals surface area contributed by atoms with E-state index in [0.717, 1.165) is 24.8 Å². The van der Waals surface area contributed by atoms with Gasteiger partial charge in [0.25, 0.3) is 0 Å². The van der Waals surface area contributed by atoms with Crippen molar-refractivity contribution >= 4 is 17.2 Å². The summed E-state index contributed by atoms with van der Waals surface area (Å²) in [6.45, 7) is 9.52. The van der Waals surface area contributed by atoms with E-state index >= 15 is 0 Å². The molecule has 1 saturated heterocycles. The maximum absolute atomic E-state index is 12.1. The molecule has 5 nitrogen and oxygen atoms in total. The van der Waals surface area contributed by atoms with Crippen molar-refractivity contribution in [3.8, 4) is 0 Å². The minimum atomic E-state index is -1.41. The van der Waals surface area contributed by atoms with Gasteiger partial charge in [-0.25, -0.2) is 9.00 Å². The third-order valence-corrected chi connectivity index (χ3v) is 5.23. The quantitative estimate of drug-likeness (QED) is 0.787. The summed E-state index contributed by atoms with van der Waals surface area (Å²) in [6, 6.07) is 7.54. The van der Waals surface area contributed by atoms with Crippen LogP contribution in [0, 0.1) is 12.8 Å². The van der Waals surface area contributed by atoms with E-state index in [-0.39, 0.29) is 6.09 Å². The van der Waals surface area contributed by atoms with Crippen LogP contribution in [0.25, 0.3) is 0 Å². The predicted molar refractivity (Wildman–Crippen MR) is 98.7 cm³/mol. The van der Waals surface area contributed by atoms with Crippen molar-refractivity contribution in [1.29, 1.82) is 0 Å². The predicted octanol–water partition coefficient (Wildman–Crippen LogP) is 4.07. The molecule has 140 valence electrons. The Hall–Kier alpha value is -1.40. The number of aryl methyl sites for hydroxylation is 1. The Morgan fingerprint density at radius 3 is 2.36 bits per heavy atom. The van der Waals surface area contributed by atoms with Crippen LogP contribution in [0.3, 0.4) is 0 Å². The Morgan fingerprint density at radius 1 is 1.20 bits per heavy atom. The van der Waals surface area contributed by atoms with E-state index < -0.39 is 16.7 Å². The molecule has 1 unspecified atom stereocenters. The standard InChI is InChI=1S/C19H29NO4S/c1-15-5-7-17(8-6-15)25(22)23-14-11-16-9-12-20(13-10-16)18(21)24-19(2,3)4/h5-8,16H,9-14H2,1-4H3. The first-order valence-corrected chi connectivity index (χ1v) is 9.92. The molecule has 0 aliphatic carbocycles. The zero-order valence-electron chi connectivity index (χ0n) is 15.6. The SMILES string of the molecule is Cc1ccc(S(=O)OCCC2CCN(C(=O)OC(C)(C)C)CC2)cc1. The summed E-state index contributed by atoms with van der Waals surface area (Å²) < 4.78 is 23.0. The Kier molecular flexibility index (Phi) is 7.02. The van der Waals surface area contributed by atoms with Gasteiger partial charge in [0.05, 0.1) is 11.5 Å². The molecular formula is C19H29NO4S. The summed E-state index contributed by atoms with van der Waals surface area (Å²) in [5.74, 6) is 0.494. The third kappa shape index (κ3) is 6.78. The van der Waals surface area contributed by atoms with Crippen molar-refractivity contribution in [3.63, 3.8) is 0 Å². The van der Waals surface area contributed by atoms with Gasteiger partial charge in [0.1, 0.15) is 5.60 Å². The van der Waals surface area contributed by atoms with Crippen LogP contribution in [0.1, 0.15) is 45.6 Å². The number of rotatable bonds is 5. The lowest BCUT2D eigenvalue weighted by atomic mass is 9.94. The van der Waals surface area contributed by atoms with Gasteiger partial charge < -0.3 is 9.64 Å². The molecule has 0 aromatic heterocycles. The minimum absolute atomic E-state index is 0.234. The molecule has 1 fully saturated rings. The van der Waals surface area contributed by atoms with Gasteiger partial charge >= 0.3 is 6.09 Å². The molecule has 1 aliphatic heterocycles. The molecule has 1 aromatic rings. The molecular weight excluding hydrogens is 338 g/mol. The second kappa shape index (κ2) is 8.81. The first-order chi connectivity index (χ1) is 11.7. The third-order valence-electron chi connectivity index (χ3n) is 4.20. The van der Waals surface area contributed by atoms with E-state index in [0.29, 0.717) is 30.5 Å². The molecule has 0 spiro atoms. The van der Waals surface area contributed by atoms with Gasteiger partial charge in [-0.15, -0.1) is 0 Å². The van der Waals surface area contributed by atoms with Gasteiger partial charge in [-0.1, -0.05) is 17.7 Å². The minimum Gasteiger partial charge on any atom is -0.444 e. The van der Waals surface area contributed by atoms with E-state index in [1.807, 2.05) is 52.0 Å². The smallest absolute Gasteiger partial charge is 0.410 e. The van der Waals surface area contributed by atoms with E-state index in [2.05, 4.69) is 0 Å². The first-order valence-electron chi connectivity index (χ1n) is 8.84. The first kappa shape index (κ1) is 19.9. The number of likely N-dealkylation sites (tertiary alicyclic amines) is 1. The lowest BCUT2D eigenvalue weighted by Gasteiger charge is -2.33. The maximum Gasteiger partial charge on any atom is 0.410 e. The molecule has 25 heavy (non-hydrogen) atoms. The molecule has 1 aliphatic rings. The molecule has 1 aromatic carbocycles. The van der Waals surface area contributed by atoms with Crippen LogP contribution >= 0.6 is 0 Å². The number of hydrogen-bond donors (Lipinski definition) is 0. The van der Waals surface area contributed by atoms with Gasteiger partial charge in [0.2, 0.25) is 0 Å². The molecule has 0 N–H and O–H groups in total. The fourth-order valence-electron chi connectivity index (χ4n) is 2.74. The van der Waals surface area contributed by atoms with Crippen LogP contribution in [-0.2, 0) is 20.0 Å². The number of ether oxygens (including phenoxy) is 1. The van der Waals surface area contributed by atoms with Crippen LogP contribution in [0.2, 0.25) is 0 Å². The lowest BCUT2D eigenvalue weighted by molar-refractivity contribution is 0.0178. The average molecular weight is 368 g/mol. The zero-order chi connectivity index (χ0) is 18.4. The highest BCUT2D eigenvalue weighted by molar-refractivity contribution is 7.80. The van der Waals surface area contributed by atoms with Crippen LogP contribution in [0.5, 0.6) is 0 Å². The second-order valence-electron chi connectivity index (χ2n) is 7.57. The Bertz CT molecular complexity index is 586. The highest BCUT2D eigenvalue weighted by Gasteiger charge is 2.26. The monoisotopic (exact) mass is 367 g/mol. The summed E-state index contributed by atoms with van der Waals surface area (Å²) in [4.78, 5) is 14.5. The van der Waals surface area contributed by atoms with E-state index in [1.54, 1.807) is 4.90 Å². The molecule has 0 radical (unpaired) electrons. The molecule has 6 heteroatoms. The van der Waals surface area contributed by atoms with Crippen molar-refractivity contribution in [2.45, 2.75) is 57.5 Å². The number of nitrogens with zero attached hydrogens (tertiary/aromatic N) is 1. The van der Waals surface area contributed by atoms with Crippen molar-refractivity contribution in [1.82, 2.24) is 4.90 Å². The molecule has 2 rings (SSSR count). The summed E-state index contributed by atoms with van der Waals surface area (Å²) in [7, 11) is 0. The number of carbonyl (C=O) groups excluding carboxylic acids is 1. The van der Waals surface area contributed by atoms with Gasteiger partial charge in [0, 0.05) is 13.1 Å². The largest absolute Gasteiger partial charge is 0.444 e. The Morgan fingerprint density at radius 2 is 1.80 bits per heavy atom. The maximum atomic E-state index is 12.1. The molecule has 1 heterocycles. The number of benzene rings is 1. The van der Waals surface area contributed by atoms with Gasteiger partial charge in [0.15, 0.2) is 11.1 Å². The van der Waals surface area contributed by atoms with Gasteiger partial charge in [-0.05, 0) is 65.0 Å². The van der Waals surface area contributed by atoms with E-state index in [9.17, 15) is 9.00 Å². The number of piperidine rings is 1. The van der Waals surface area contributed by atoms with Crippen molar-refractivity contribution in [2.24, 2.45) is 5.92 Å². The fourth-order valence-corrected chi connectivity index (χ4v) is 3.48. The molecule has 0 bridgehead atoms. The lowest BCUT2D eigenvalue weighted by Crippen LogP contribution is -2.41. The van der Waals surface area contributed by atoms with Gasteiger partial charge in [-0.3, -0.25) is 4.18 Å². The highest BCUT2D eigenvalue weighted by atomic mass is 32.2. The highest BCUT2D eigenvalue weighted by Crippen LogP contribution is 2.22. The normalized spacial score (nSPS) is 17.4. The Balaban J connectivity index is 1.68.